The summed E-state index contributed by atoms with van der Waals surface area (Å²) in [5.74, 6) is 3.48. The van der Waals surface area contributed by atoms with Gasteiger partial charge in [-0.1, -0.05) is 79.7 Å². The average Bonchev–Trinajstić information content (AvgIpc) is 3.26. The van der Waals surface area contributed by atoms with Crippen LogP contribution in [0.2, 0.25) is 0 Å². The van der Waals surface area contributed by atoms with Crippen molar-refractivity contribution >= 4 is 0 Å². The number of allylic oxidation sites excluding steroid dienone is 1. The summed E-state index contributed by atoms with van der Waals surface area (Å²) in [4.78, 5) is 0. The maximum atomic E-state index is 6.63. The molecule has 3 aliphatic carbocycles. The maximum Gasteiger partial charge on any atom is 0.120 e. The van der Waals surface area contributed by atoms with Gasteiger partial charge in [-0.15, -0.1) is 6.58 Å². The van der Waals surface area contributed by atoms with Crippen LogP contribution in [0.4, 0.5) is 0 Å². The number of ether oxygens (including phenoxy) is 2. The molecule has 2 saturated carbocycles. The van der Waals surface area contributed by atoms with Crippen LogP contribution in [0.1, 0.15) is 60.8 Å². The van der Waals surface area contributed by atoms with Crippen LogP contribution in [0.15, 0.2) is 91.5 Å². The molecule has 0 radical (unpaired) electrons. The summed E-state index contributed by atoms with van der Waals surface area (Å²) in [5, 5.41) is 0. The Morgan fingerprint density at radius 2 is 1.61 bits per heavy atom. The van der Waals surface area contributed by atoms with Gasteiger partial charge in [-0.3, -0.25) is 0 Å². The second-order valence-electron chi connectivity index (χ2n) is 11.4. The van der Waals surface area contributed by atoms with Crippen molar-refractivity contribution in [3.8, 4) is 5.75 Å². The summed E-state index contributed by atoms with van der Waals surface area (Å²) in [6.07, 6.45) is 8.63. The third kappa shape index (κ3) is 4.30. The summed E-state index contributed by atoms with van der Waals surface area (Å²) in [6, 6.07) is 27.9. The quantitative estimate of drug-likeness (QED) is 0.319. The van der Waals surface area contributed by atoms with Crippen molar-refractivity contribution in [1.29, 1.82) is 0 Å². The van der Waals surface area contributed by atoms with E-state index in [-0.39, 0.29) is 5.41 Å². The molecule has 0 aromatic heterocycles. The third-order valence-corrected chi connectivity index (χ3v) is 9.50. The van der Waals surface area contributed by atoms with E-state index in [2.05, 4.69) is 92.4 Å². The molecule has 3 aromatic carbocycles. The molecule has 2 heteroatoms. The number of aryl methyl sites for hydroxylation is 1. The highest BCUT2D eigenvalue weighted by Crippen LogP contribution is 2.63. The Bertz CT molecular complexity index is 1190. The molecule has 0 saturated heterocycles. The normalized spacial score (nSPS) is 30.6. The highest BCUT2D eigenvalue weighted by atomic mass is 16.5. The van der Waals surface area contributed by atoms with Crippen molar-refractivity contribution in [1.82, 2.24) is 0 Å². The predicted molar refractivity (Wildman–Crippen MR) is 146 cm³/mol. The molecule has 2 nitrogen and oxygen atoms in total. The minimum absolute atomic E-state index is 0.227. The second kappa shape index (κ2) is 9.90. The first kappa shape index (κ1) is 23.6. The van der Waals surface area contributed by atoms with Crippen LogP contribution in [0.25, 0.3) is 0 Å². The molecule has 2 unspecified atom stereocenters. The first-order valence-corrected chi connectivity index (χ1v) is 13.7. The van der Waals surface area contributed by atoms with Gasteiger partial charge in [-0.25, -0.2) is 0 Å². The van der Waals surface area contributed by atoms with Gasteiger partial charge in [0.25, 0.3) is 0 Å². The summed E-state index contributed by atoms with van der Waals surface area (Å²) in [6.45, 7) is 8.18. The van der Waals surface area contributed by atoms with Gasteiger partial charge in [0.05, 0.1) is 12.7 Å². The Balaban J connectivity index is 1.20. The van der Waals surface area contributed by atoms with Crippen molar-refractivity contribution in [2.45, 2.75) is 64.3 Å². The molecule has 36 heavy (non-hydrogen) atoms. The largest absolute Gasteiger partial charge is 0.489 e. The molecule has 3 aliphatic rings. The van der Waals surface area contributed by atoms with Crippen molar-refractivity contribution in [3.05, 3.63) is 114 Å². The highest BCUT2D eigenvalue weighted by Gasteiger charge is 2.57. The standard InChI is InChI=1S/C34H38O2/c1-3-26-21-34(2)31(18-19-32(34)36-23-25-12-8-5-9-13-25)30-16-14-27-20-28(15-17-29(27)33(26)30)35-22-24-10-6-4-7-11-24/h3-13,15,17,20,26,30-33H,1,14,16,18-19,21-23H2,2H3/t26?,30-,31-,32?,33+,34-/m0/s1. The molecule has 2 fully saturated rings. The molecule has 186 valence electrons. The monoisotopic (exact) mass is 478 g/mol. The zero-order valence-corrected chi connectivity index (χ0v) is 21.4. The fraction of sp³-hybridized carbons (Fsp3) is 0.412. The summed E-state index contributed by atoms with van der Waals surface area (Å²) < 4.78 is 12.8. The van der Waals surface area contributed by atoms with E-state index in [1.165, 1.54) is 42.4 Å². The van der Waals surface area contributed by atoms with Gasteiger partial charge in [0.1, 0.15) is 12.4 Å². The van der Waals surface area contributed by atoms with Crippen molar-refractivity contribution < 1.29 is 9.47 Å². The van der Waals surface area contributed by atoms with Gasteiger partial charge < -0.3 is 9.47 Å². The van der Waals surface area contributed by atoms with E-state index in [0.29, 0.717) is 30.5 Å². The number of benzene rings is 3. The van der Waals surface area contributed by atoms with Gasteiger partial charge in [0.15, 0.2) is 0 Å². The first-order valence-electron chi connectivity index (χ1n) is 13.7. The Morgan fingerprint density at radius 3 is 2.33 bits per heavy atom. The van der Waals surface area contributed by atoms with E-state index in [4.69, 9.17) is 9.47 Å². The molecule has 0 amide bonds. The lowest BCUT2D eigenvalue weighted by Crippen LogP contribution is -2.48. The van der Waals surface area contributed by atoms with E-state index in [1.54, 1.807) is 5.56 Å². The van der Waals surface area contributed by atoms with Crippen LogP contribution in [-0.4, -0.2) is 6.10 Å². The molecule has 0 heterocycles. The van der Waals surface area contributed by atoms with E-state index in [1.807, 2.05) is 6.07 Å². The third-order valence-electron chi connectivity index (χ3n) is 9.50. The van der Waals surface area contributed by atoms with E-state index in [9.17, 15) is 0 Å². The van der Waals surface area contributed by atoms with Gasteiger partial charge in [0.2, 0.25) is 0 Å². The second-order valence-corrected chi connectivity index (χ2v) is 11.4. The molecule has 0 spiro atoms. The van der Waals surface area contributed by atoms with Gasteiger partial charge in [-0.05, 0) is 95.6 Å². The smallest absolute Gasteiger partial charge is 0.120 e. The van der Waals surface area contributed by atoms with Crippen LogP contribution >= 0.6 is 0 Å². The van der Waals surface area contributed by atoms with E-state index < -0.39 is 0 Å². The topological polar surface area (TPSA) is 18.5 Å². The SMILES string of the molecule is C=CC1C[C@]2(C)C(OCc3ccccc3)CC[C@H]2[C@@H]2CCc3cc(OCc4ccccc4)ccc3[C@@H]12. The number of rotatable bonds is 7. The molecule has 6 rings (SSSR count). The summed E-state index contributed by atoms with van der Waals surface area (Å²) >= 11 is 0. The van der Waals surface area contributed by atoms with Crippen molar-refractivity contribution in [3.63, 3.8) is 0 Å². The lowest BCUT2D eigenvalue weighted by Gasteiger charge is -2.53. The van der Waals surface area contributed by atoms with Gasteiger partial charge in [0, 0.05) is 0 Å². The Labute approximate surface area is 216 Å². The zero-order chi connectivity index (χ0) is 24.5. The Hall–Kier alpha value is -2.84. The molecular formula is C34H38O2. The highest BCUT2D eigenvalue weighted by molar-refractivity contribution is 5.42. The van der Waals surface area contributed by atoms with Crippen molar-refractivity contribution in [2.24, 2.45) is 23.2 Å². The fourth-order valence-corrected chi connectivity index (χ4v) is 7.81. The molecule has 6 atom stereocenters. The molecule has 0 bridgehead atoms. The minimum atomic E-state index is 0.227. The van der Waals surface area contributed by atoms with Crippen LogP contribution in [-0.2, 0) is 24.4 Å². The van der Waals surface area contributed by atoms with Gasteiger partial charge >= 0.3 is 0 Å². The Kier molecular flexibility index (Phi) is 6.48. The minimum Gasteiger partial charge on any atom is -0.489 e. The van der Waals surface area contributed by atoms with E-state index in [0.717, 1.165) is 24.7 Å². The molecular weight excluding hydrogens is 440 g/mol. The Morgan fingerprint density at radius 1 is 0.889 bits per heavy atom. The summed E-state index contributed by atoms with van der Waals surface area (Å²) in [7, 11) is 0. The fourth-order valence-electron chi connectivity index (χ4n) is 7.81. The zero-order valence-electron chi connectivity index (χ0n) is 21.4. The molecule has 0 aliphatic heterocycles. The maximum absolute atomic E-state index is 6.63. The predicted octanol–water partition coefficient (Wildman–Crippen LogP) is 8.12. The van der Waals surface area contributed by atoms with Crippen LogP contribution in [0, 0.1) is 23.2 Å². The first-order chi connectivity index (χ1) is 17.7. The lowest BCUT2D eigenvalue weighted by atomic mass is 9.52. The number of hydrogen-bond acceptors (Lipinski definition) is 2. The van der Waals surface area contributed by atoms with Gasteiger partial charge in [-0.2, -0.15) is 0 Å². The number of fused-ring (bicyclic) bond motifs is 5. The van der Waals surface area contributed by atoms with Crippen LogP contribution in [0.3, 0.4) is 0 Å². The van der Waals surface area contributed by atoms with Crippen molar-refractivity contribution in [2.75, 3.05) is 0 Å². The average molecular weight is 479 g/mol. The molecule has 0 N–H and O–H groups in total. The van der Waals surface area contributed by atoms with Crippen LogP contribution < -0.4 is 4.74 Å². The lowest BCUT2D eigenvalue weighted by molar-refractivity contribution is -0.0805. The van der Waals surface area contributed by atoms with E-state index >= 15 is 0 Å². The number of hydrogen-bond donors (Lipinski definition) is 0. The molecule has 3 aromatic rings. The summed E-state index contributed by atoms with van der Waals surface area (Å²) in [5.41, 5.74) is 5.73. The van der Waals surface area contributed by atoms with Crippen LogP contribution in [0.5, 0.6) is 5.75 Å².